The number of phenols is 1. The van der Waals surface area contributed by atoms with Crippen molar-refractivity contribution < 1.29 is 19.4 Å². The third-order valence-electron chi connectivity index (χ3n) is 2.57. The van der Waals surface area contributed by atoms with Crippen LogP contribution in [0.3, 0.4) is 0 Å². The van der Waals surface area contributed by atoms with Gasteiger partial charge in [-0.2, -0.15) is 0 Å². The number of hydrogen-bond acceptors (Lipinski definition) is 4. The van der Waals surface area contributed by atoms with E-state index in [0.29, 0.717) is 5.75 Å². The Morgan fingerprint density at radius 3 is 2.58 bits per heavy atom. The minimum Gasteiger partial charge on any atom is -0.507 e. The van der Waals surface area contributed by atoms with Crippen molar-refractivity contribution in [2.45, 2.75) is 6.42 Å². The lowest BCUT2D eigenvalue weighted by molar-refractivity contribution is -0.128. The quantitative estimate of drug-likeness (QED) is 0.818. The van der Waals surface area contributed by atoms with Crippen molar-refractivity contribution in [3.05, 3.63) is 23.8 Å². The number of ether oxygens (including phenoxy) is 1. The van der Waals surface area contributed by atoms with Gasteiger partial charge in [0.15, 0.2) is 0 Å². The molecule has 0 aliphatic rings. The second-order valence-corrected chi connectivity index (χ2v) is 4.18. The van der Waals surface area contributed by atoms with Crippen LogP contribution in [-0.4, -0.2) is 49.6 Å². The molecular formula is C13H18N2O4. The zero-order valence-electron chi connectivity index (χ0n) is 11.3. The van der Waals surface area contributed by atoms with E-state index in [0.717, 1.165) is 0 Å². The first kappa shape index (κ1) is 14.8. The lowest BCUT2D eigenvalue weighted by Crippen LogP contribution is -2.30. The Balaban J connectivity index is 2.57. The number of phenolic OH excluding ortho intramolecular Hbond substituents is 1. The average molecular weight is 266 g/mol. The number of carbonyl (C=O) groups is 2. The summed E-state index contributed by atoms with van der Waals surface area (Å²) in [5.41, 5.74) is 0.151. The highest BCUT2D eigenvalue weighted by Gasteiger charge is 2.12. The number of aromatic hydroxyl groups is 1. The molecule has 1 rings (SSSR count). The fraction of sp³-hybridized carbons (Fsp3) is 0.385. The van der Waals surface area contributed by atoms with Crippen LogP contribution in [0.4, 0.5) is 0 Å². The van der Waals surface area contributed by atoms with Crippen molar-refractivity contribution in [3.8, 4) is 11.5 Å². The van der Waals surface area contributed by atoms with Crippen molar-refractivity contribution in [1.29, 1.82) is 0 Å². The highest BCUT2D eigenvalue weighted by Crippen LogP contribution is 2.23. The maximum Gasteiger partial charge on any atom is 0.255 e. The smallest absolute Gasteiger partial charge is 0.255 e. The summed E-state index contributed by atoms with van der Waals surface area (Å²) in [6.45, 7) is 0.224. The van der Waals surface area contributed by atoms with Crippen molar-refractivity contribution in [1.82, 2.24) is 10.2 Å². The highest BCUT2D eigenvalue weighted by molar-refractivity contribution is 5.97. The lowest BCUT2D eigenvalue weighted by atomic mass is 10.1. The Morgan fingerprint density at radius 1 is 1.37 bits per heavy atom. The van der Waals surface area contributed by atoms with Crippen LogP contribution in [0.15, 0.2) is 18.2 Å². The molecule has 1 aromatic rings. The summed E-state index contributed by atoms with van der Waals surface area (Å²) in [4.78, 5) is 24.6. The molecule has 6 heteroatoms. The second-order valence-electron chi connectivity index (χ2n) is 4.18. The third kappa shape index (κ3) is 4.17. The van der Waals surface area contributed by atoms with Crippen LogP contribution in [0, 0.1) is 0 Å². The summed E-state index contributed by atoms with van der Waals surface area (Å²) in [6.07, 6.45) is 0.218. The summed E-state index contributed by atoms with van der Waals surface area (Å²) in [7, 11) is 4.78. The van der Waals surface area contributed by atoms with Gasteiger partial charge in [0.2, 0.25) is 5.91 Å². The molecule has 0 aromatic heterocycles. The molecule has 0 fully saturated rings. The van der Waals surface area contributed by atoms with Gasteiger partial charge in [-0.3, -0.25) is 9.59 Å². The summed E-state index contributed by atoms with van der Waals surface area (Å²) >= 11 is 0. The fourth-order valence-electron chi connectivity index (χ4n) is 1.43. The van der Waals surface area contributed by atoms with Crippen molar-refractivity contribution in [2.75, 3.05) is 27.7 Å². The predicted molar refractivity (Wildman–Crippen MR) is 70.3 cm³/mol. The van der Waals surface area contributed by atoms with Crippen LogP contribution in [0.5, 0.6) is 11.5 Å². The summed E-state index contributed by atoms with van der Waals surface area (Å²) in [5.74, 6) is -0.182. The highest BCUT2D eigenvalue weighted by atomic mass is 16.5. The standard InChI is InChI=1S/C13H18N2O4/c1-15(2)12(17)6-7-14-13(18)10-5-4-9(19-3)8-11(10)16/h4-5,8,16H,6-7H2,1-3H3,(H,14,18). The number of methoxy groups -OCH3 is 1. The van der Waals surface area contributed by atoms with Gasteiger partial charge in [-0.25, -0.2) is 0 Å². The van der Waals surface area contributed by atoms with E-state index >= 15 is 0 Å². The van der Waals surface area contributed by atoms with Gasteiger partial charge in [-0.05, 0) is 12.1 Å². The molecule has 0 atom stereocenters. The lowest BCUT2D eigenvalue weighted by Gasteiger charge is -2.11. The topological polar surface area (TPSA) is 78.9 Å². The predicted octanol–water partition coefficient (Wildman–Crippen LogP) is 0.609. The third-order valence-corrected chi connectivity index (χ3v) is 2.57. The normalized spacial score (nSPS) is 9.84. The van der Waals surface area contributed by atoms with Crippen LogP contribution >= 0.6 is 0 Å². The molecule has 0 aliphatic carbocycles. The molecule has 2 amide bonds. The molecular weight excluding hydrogens is 248 g/mol. The Bertz CT molecular complexity index is 472. The van der Waals surface area contributed by atoms with Gasteiger partial charge in [-0.15, -0.1) is 0 Å². The van der Waals surface area contributed by atoms with Gasteiger partial charge in [0.25, 0.3) is 5.91 Å². The number of amides is 2. The van der Waals surface area contributed by atoms with E-state index in [1.54, 1.807) is 20.2 Å². The first-order valence-corrected chi connectivity index (χ1v) is 5.81. The summed E-state index contributed by atoms with van der Waals surface area (Å²) in [6, 6.07) is 4.41. The zero-order valence-corrected chi connectivity index (χ0v) is 11.3. The number of nitrogens with one attached hydrogen (secondary N) is 1. The van der Waals surface area contributed by atoms with Crippen molar-refractivity contribution in [2.24, 2.45) is 0 Å². The number of rotatable bonds is 5. The molecule has 6 nitrogen and oxygen atoms in total. The van der Waals surface area contributed by atoms with Gasteiger partial charge in [0.05, 0.1) is 12.7 Å². The minimum atomic E-state index is -0.424. The number of carbonyl (C=O) groups excluding carboxylic acids is 2. The first-order valence-electron chi connectivity index (χ1n) is 5.81. The molecule has 0 radical (unpaired) electrons. The number of hydrogen-bond donors (Lipinski definition) is 2. The Hall–Kier alpha value is -2.24. The maximum absolute atomic E-state index is 11.8. The van der Waals surface area contributed by atoms with E-state index in [9.17, 15) is 14.7 Å². The molecule has 0 heterocycles. The van der Waals surface area contributed by atoms with E-state index in [-0.39, 0.29) is 30.2 Å². The largest absolute Gasteiger partial charge is 0.507 e. The first-order chi connectivity index (χ1) is 8.95. The van der Waals surface area contributed by atoms with Crippen LogP contribution in [-0.2, 0) is 4.79 Å². The average Bonchev–Trinajstić information content (AvgIpc) is 2.37. The van der Waals surface area contributed by atoms with Gasteiger partial charge >= 0.3 is 0 Å². The molecule has 0 spiro atoms. The van der Waals surface area contributed by atoms with Crippen LogP contribution in [0.2, 0.25) is 0 Å². The van der Waals surface area contributed by atoms with E-state index in [1.165, 1.54) is 24.1 Å². The summed E-state index contributed by atoms with van der Waals surface area (Å²) < 4.78 is 4.93. The zero-order chi connectivity index (χ0) is 14.4. The van der Waals surface area contributed by atoms with E-state index in [2.05, 4.69) is 5.32 Å². The Kier molecular flexibility index (Phi) is 5.17. The van der Waals surface area contributed by atoms with Crippen LogP contribution in [0.25, 0.3) is 0 Å². The molecule has 0 unspecified atom stereocenters. The van der Waals surface area contributed by atoms with Gasteiger partial charge in [-0.1, -0.05) is 0 Å². The van der Waals surface area contributed by atoms with E-state index in [4.69, 9.17) is 4.74 Å². The monoisotopic (exact) mass is 266 g/mol. The molecule has 0 saturated carbocycles. The SMILES string of the molecule is COc1ccc(C(=O)NCCC(=O)N(C)C)c(O)c1. The van der Waals surface area contributed by atoms with Gasteiger partial charge < -0.3 is 20.1 Å². The van der Waals surface area contributed by atoms with Crippen LogP contribution < -0.4 is 10.1 Å². The van der Waals surface area contributed by atoms with E-state index in [1.807, 2.05) is 0 Å². The molecule has 2 N–H and O–H groups in total. The molecule has 19 heavy (non-hydrogen) atoms. The summed E-state index contributed by atoms with van der Waals surface area (Å²) in [5, 5.41) is 12.2. The van der Waals surface area contributed by atoms with Crippen LogP contribution in [0.1, 0.15) is 16.8 Å². The Labute approximate surface area is 112 Å². The van der Waals surface area contributed by atoms with Crippen molar-refractivity contribution in [3.63, 3.8) is 0 Å². The van der Waals surface area contributed by atoms with Gasteiger partial charge in [0, 0.05) is 33.1 Å². The molecule has 0 aliphatic heterocycles. The molecule has 1 aromatic carbocycles. The number of benzene rings is 1. The van der Waals surface area contributed by atoms with Crippen molar-refractivity contribution >= 4 is 11.8 Å². The molecule has 0 bridgehead atoms. The minimum absolute atomic E-state index is 0.0701. The fourth-order valence-corrected chi connectivity index (χ4v) is 1.43. The maximum atomic E-state index is 11.8. The second kappa shape index (κ2) is 6.63. The molecule has 104 valence electrons. The molecule has 0 saturated heterocycles. The number of nitrogens with zero attached hydrogens (tertiary/aromatic N) is 1. The van der Waals surface area contributed by atoms with Gasteiger partial charge in [0.1, 0.15) is 11.5 Å². The Morgan fingerprint density at radius 2 is 2.05 bits per heavy atom. The van der Waals surface area contributed by atoms with E-state index < -0.39 is 5.91 Å².